The number of hydrogen-bond donors (Lipinski definition) is 2. The summed E-state index contributed by atoms with van der Waals surface area (Å²) >= 11 is 0. The highest BCUT2D eigenvalue weighted by Crippen LogP contribution is 2.26. The fraction of sp³-hybridized carbons (Fsp3) is 0.174. The van der Waals surface area contributed by atoms with Gasteiger partial charge in [-0.2, -0.15) is 0 Å². The first-order valence-corrected chi connectivity index (χ1v) is 8.71. The number of hydrogen-bond acceptors (Lipinski definition) is 2. The third-order valence-corrected chi connectivity index (χ3v) is 4.61. The van der Waals surface area contributed by atoms with Crippen LogP contribution in [0.2, 0.25) is 0 Å². The quantitative estimate of drug-likeness (QED) is 0.665. The first kappa shape index (κ1) is 17.9. The molecule has 0 amide bonds. The molecule has 0 spiro atoms. The molecule has 3 aromatic carbocycles. The van der Waals surface area contributed by atoms with Crippen LogP contribution in [-0.2, 0) is 19.4 Å². The van der Waals surface area contributed by atoms with E-state index in [0.717, 1.165) is 24.0 Å². The summed E-state index contributed by atoms with van der Waals surface area (Å²) in [5.74, 6) is -0.673. The summed E-state index contributed by atoms with van der Waals surface area (Å²) in [6, 6.07) is 25.5. The molecule has 0 aliphatic rings. The van der Waals surface area contributed by atoms with Gasteiger partial charge in [-0.05, 0) is 53.1 Å². The molecule has 1 unspecified atom stereocenters. The molecule has 3 rings (SSSR count). The molecule has 0 fully saturated rings. The van der Waals surface area contributed by atoms with Gasteiger partial charge in [-0.15, -0.1) is 0 Å². The molecule has 0 saturated carbocycles. The maximum absolute atomic E-state index is 11.2. The molecule has 3 heteroatoms. The monoisotopic (exact) mass is 346 g/mol. The van der Waals surface area contributed by atoms with Crippen LogP contribution >= 0.6 is 0 Å². The zero-order valence-electron chi connectivity index (χ0n) is 14.5. The minimum Gasteiger partial charge on any atom is -0.478 e. The molecular formula is C23H22O3. The van der Waals surface area contributed by atoms with Crippen LogP contribution in [0.3, 0.4) is 0 Å². The van der Waals surface area contributed by atoms with Crippen LogP contribution in [0.15, 0.2) is 78.9 Å². The summed E-state index contributed by atoms with van der Waals surface area (Å²) in [5, 5.41) is 18.5. The topological polar surface area (TPSA) is 57.5 Å². The molecule has 3 aromatic rings. The van der Waals surface area contributed by atoms with Gasteiger partial charge in [-0.25, -0.2) is 4.79 Å². The molecular weight excluding hydrogens is 324 g/mol. The number of carboxylic acid groups (broad SMARTS) is 1. The average Bonchev–Trinajstić information content (AvgIpc) is 2.68. The molecule has 0 aliphatic heterocycles. The second-order valence-electron chi connectivity index (χ2n) is 6.50. The number of benzene rings is 3. The third-order valence-electron chi connectivity index (χ3n) is 4.61. The molecule has 0 heterocycles. The molecule has 0 bridgehead atoms. The van der Waals surface area contributed by atoms with Crippen molar-refractivity contribution in [1.29, 1.82) is 0 Å². The molecule has 26 heavy (non-hydrogen) atoms. The lowest BCUT2D eigenvalue weighted by Gasteiger charge is -2.19. The van der Waals surface area contributed by atoms with Crippen molar-refractivity contribution in [1.82, 2.24) is 0 Å². The lowest BCUT2D eigenvalue weighted by molar-refractivity contribution is 0.0696. The van der Waals surface area contributed by atoms with E-state index < -0.39 is 5.97 Å². The number of rotatable bonds is 7. The van der Waals surface area contributed by atoms with Crippen molar-refractivity contribution in [2.75, 3.05) is 0 Å². The number of aliphatic hydroxyl groups excluding tert-OH is 1. The van der Waals surface area contributed by atoms with E-state index in [1.54, 1.807) is 18.2 Å². The highest BCUT2D eigenvalue weighted by molar-refractivity contribution is 5.87. The Balaban J connectivity index is 1.89. The maximum atomic E-state index is 11.2. The second kappa shape index (κ2) is 8.45. The predicted molar refractivity (Wildman–Crippen MR) is 102 cm³/mol. The summed E-state index contributed by atoms with van der Waals surface area (Å²) in [5.41, 5.74) is 4.65. The predicted octanol–water partition coefficient (Wildman–Crippen LogP) is 4.45. The van der Waals surface area contributed by atoms with Gasteiger partial charge in [0.25, 0.3) is 0 Å². The molecule has 0 saturated heterocycles. The zero-order chi connectivity index (χ0) is 18.4. The summed E-state index contributed by atoms with van der Waals surface area (Å²) in [6.45, 7) is 0.0320. The first-order chi connectivity index (χ1) is 12.7. The lowest BCUT2D eigenvalue weighted by atomic mass is 9.86. The van der Waals surface area contributed by atoms with Crippen LogP contribution in [0.5, 0.6) is 0 Å². The average molecular weight is 346 g/mol. The van der Waals surface area contributed by atoms with Crippen molar-refractivity contribution >= 4 is 5.97 Å². The Morgan fingerprint density at radius 3 is 2.08 bits per heavy atom. The van der Waals surface area contributed by atoms with Gasteiger partial charge in [0.15, 0.2) is 0 Å². The fourth-order valence-electron chi connectivity index (χ4n) is 3.22. The Morgan fingerprint density at radius 2 is 1.42 bits per heavy atom. The van der Waals surface area contributed by atoms with Crippen LogP contribution in [0.4, 0.5) is 0 Å². The molecule has 2 N–H and O–H groups in total. The van der Waals surface area contributed by atoms with Gasteiger partial charge < -0.3 is 10.2 Å². The van der Waals surface area contributed by atoms with Gasteiger partial charge in [0, 0.05) is 0 Å². The van der Waals surface area contributed by atoms with Crippen LogP contribution in [-0.4, -0.2) is 16.2 Å². The van der Waals surface area contributed by atoms with Crippen LogP contribution in [0, 0.1) is 0 Å². The number of carbonyl (C=O) groups is 1. The van der Waals surface area contributed by atoms with Gasteiger partial charge in [0.2, 0.25) is 0 Å². The van der Waals surface area contributed by atoms with Crippen molar-refractivity contribution in [3.05, 3.63) is 107 Å². The number of aliphatic hydroxyl groups is 1. The Morgan fingerprint density at radius 1 is 0.769 bits per heavy atom. The van der Waals surface area contributed by atoms with E-state index in [1.807, 2.05) is 36.4 Å². The molecule has 132 valence electrons. The van der Waals surface area contributed by atoms with Crippen molar-refractivity contribution in [3.8, 4) is 0 Å². The Bertz CT molecular complexity index is 854. The largest absolute Gasteiger partial charge is 0.478 e. The van der Waals surface area contributed by atoms with Crippen LogP contribution in [0.25, 0.3) is 0 Å². The van der Waals surface area contributed by atoms with Gasteiger partial charge >= 0.3 is 5.97 Å². The van der Waals surface area contributed by atoms with Crippen LogP contribution < -0.4 is 0 Å². The van der Waals surface area contributed by atoms with Gasteiger partial charge in [-0.1, -0.05) is 66.7 Å². The van der Waals surface area contributed by atoms with Crippen molar-refractivity contribution in [2.24, 2.45) is 0 Å². The third kappa shape index (κ3) is 4.58. The lowest BCUT2D eigenvalue weighted by Crippen LogP contribution is -2.08. The fourth-order valence-corrected chi connectivity index (χ4v) is 3.22. The normalized spacial score (nSPS) is 11.9. The Kier molecular flexibility index (Phi) is 5.82. The van der Waals surface area contributed by atoms with E-state index in [0.29, 0.717) is 5.56 Å². The van der Waals surface area contributed by atoms with Crippen molar-refractivity contribution in [2.45, 2.75) is 25.4 Å². The van der Waals surface area contributed by atoms with Gasteiger partial charge in [-0.3, -0.25) is 0 Å². The minimum absolute atomic E-state index is 0.0320. The van der Waals surface area contributed by atoms with Gasteiger partial charge in [0.05, 0.1) is 12.2 Å². The van der Waals surface area contributed by atoms with E-state index in [4.69, 9.17) is 0 Å². The summed E-state index contributed by atoms with van der Waals surface area (Å²) in [7, 11) is 0. The number of carboxylic acids is 1. The van der Waals surface area contributed by atoms with E-state index >= 15 is 0 Å². The SMILES string of the molecule is O=C(O)c1cccc(CC(Cc2ccccc2)c2ccc(CO)cc2)c1. The molecule has 0 aromatic heterocycles. The van der Waals surface area contributed by atoms with E-state index in [1.165, 1.54) is 11.1 Å². The Labute approximate surface area is 153 Å². The first-order valence-electron chi connectivity index (χ1n) is 8.71. The highest BCUT2D eigenvalue weighted by atomic mass is 16.4. The van der Waals surface area contributed by atoms with Crippen molar-refractivity contribution < 1.29 is 15.0 Å². The highest BCUT2D eigenvalue weighted by Gasteiger charge is 2.15. The summed E-state index contributed by atoms with van der Waals surface area (Å²) in [6.07, 6.45) is 1.63. The summed E-state index contributed by atoms with van der Waals surface area (Å²) < 4.78 is 0. The zero-order valence-corrected chi connectivity index (χ0v) is 14.5. The molecule has 0 radical (unpaired) electrons. The van der Waals surface area contributed by atoms with E-state index in [-0.39, 0.29) is 12.5 Å². The summed E-state index contributed by atoms with van der Waals surface area (Å²) in [4.78, 5) is 11.2. The maximum Gasteiger partial charge on any atom is 0.335 e. The van der Waals surface area contributed by atoms with Crippen molar-refractivity contribution in [3.63, 3.8) is 0 Å². The second-order valence-corrected chi connectivity index (χ2v) is 6.50. The molecule has 1 atom stereocenters. The number of aromatic carboxylic acids is 1. The molecule has 0 aliphatic carbocycles. The standard InChI is InChI=1S/C23H22O3/c24-16-18-9-11-20(12-10-18)22(13-17-5-2-1-3-6-17)15-19-7-4-8-21(14-19)23(25)26/h1-12,14,22,24H,13,15-16H2,(H,25,26). The smallest absolute Gasteiger partial charge is 0.335 e. The minimum atomic E-state index is -0.904. The Hall–Kier alpha value is -2.91. The molecule has 3 nitrogen and oxygen atoms in total. The van der Waals surface area contributed by atoms with E-state index in [2.05, 4.69) is 24.3 Å². The van der Waals surface area contributed by atoms with Crippen LogP contribution in [0.1, 0.15) is 38.5 Å². The van der Waals surface area contributed by atoms with Gasteiger partial charge in [0.1, 0.15) is 0 Å². The van der Waals surface area contributed by atoms with E-state index in [9.17, 15) is 15.0 Å².